The highest BCUT2D eigenvalue weighted by molar-refractivity contribution is 4.73. The number of hydrogen-bond donors (Lipinski definition) is 0. The second-order valence-corrected chi connectivity index (χ2v) is 2.60. The molecule has 0 saturated heterocycles. The van der Waals surface area contributed by atoms with Crippen LogP contribution >= 0.6 is 0 Å². The highest BCUT2D eigenvalue weighted by Crippen LogP contribution is 1.91. The fourth-order valence-corrected chi connectivity index (χ4v) is 0.828. The summed E-state index contributed by atoms with van der Waals surface area (Å²) in [6.07, 6.45) is 2.18. The van der Waals surface area contributed by atoms with Gasteiger partial charge in [-0.15, -0.1) is 0 Å². The van der Waals surface area contributed by atoms with Crippen LogP contribution in [0.2, 0.25) is 0 Å². The third-order valence-electron chi connectivity index (χ3n) is 1.48. The first kappa shape index (κ1) is 10.4. The van der Waals surface area contributed by atoms with Gasteiger partial charge in [0.2, 0.25) is 0 Å². The molecule has 0 radical (unpaired) electrons. The van der Waals surface area contributed by atoms with Crippen molar-refractivity contribution < 1.29 is 4.74 Å². The summed E-state index contributed by atoms with van der Waals surface area (Å²) < 4.78 is 4.90. The Kier molecular flexibility index (Phi) is 7.11. The van der Waals surface area contributed by atoms with Crippen LogP contribution in [-0.4, -0.2) is 38.8 Å². The van der Waals surface area contributed by atoms with E-state index in [4.69, 9.17) is 10.00 Å². The van der Waals surface area contributed by atoms with Gasteiger partial charge in [0.1, 0.15) is 0 Å². The Morgan fingerprint density at radius 1 is 1.45 bits per heavy atom. The van der Waals surface area contributed by atoms with Gasteiger partial charge < -0.3 is 4.74 Å². The van der Waals surface area contributed by atoms with Crippen molar-refractivity contribution in [2.24, 2.45) is 0 Å². The van der Waals surface area contributed by atoms with Crippen molar-refractivity contribution in [3.05, 3.63) is 0 Å². The number of hydrogen-bond acceptors (Lipinski definition) is 3. The van der Waals surface area contributed by atoms with Crippen LogP contribution < -0.4 is 0 Å². The quantitative estimate of drug-likeness (QED) is 0.423. The zero-order valence-corrected chi connectivity index (χ0v) is 7.34. The lowest BCUT2D eigenvalue weighted by Crippen LogP contribution is -2.19. The predicted octanol–water partition coefficient (Wildman–Crippen LogP) is 0.868. The fourth-order valence-electron chi connectivity index (χ4n) is 0.828. The molecule has 0 aliphatic carbocycles. The molecule has 11 heavy (non-hydrogen) atoms. The molecule has 0 aromatic carbocycles. The second-order valence-electron chi connectivity index (χ2n) is 2.60. The molecule has 0 aromatic heterocycles. The molecule has 0 aliphatic rings. The first-order chi connectivity index (χ1) is 5.31. The Balaban J connectivity index is 3.05. The summed E-state index contributed by atoms with van der Waals surface area (Å²) in [6.45, 7) is 2.32. The molecule has 0 spiro atoms. The topological polar surface area (TPSA) is 36.3 Å². The van der Waals surface area contributed by atoms with Crippen molar-refractivity contribution in [1.82, 2.24) is 4.90 Å². The van der Waals surface area contributed by atoms with E-state index in [1.807, 2.05) is 11.9 Å². The molecule has 0 heterocycles. The zero-order chi connectivity index (χ0) is 8.53. The van der Waals surface area contributed by atoms with E-state index >= 15 is 0 Å². The number of rotatable bonds is 6. The van der Waals surface area contributed by atoms with Gasteiger partial charge >= 0.3 is 0 Å². The van der Waals surface area contributed by atoms with Crippen LogP contribution in [0, 0.1) is 11.3 Å². The molecule has 0 aliphatic heterocycles. The van der Waals surface area contributed by atoms with Crippen LogP contribution in [0.15, 0.2) is 0 Å². The fraction of sp³-hybridized carbons (Fsp3) is 0.875. The average molecular weight is 156 g/mol. The van der Waals surface area contributed by atoms with Gasteiger partial charge in [-0.2, -0.15) is 5.26 Å². The van der Waals surface area contributed by atoms with E-state index < -0.39 is 0 Å². The molecular weight excluding hydrogens is 140 g/mol. The van der Waals surface area contributed by atoms with Gasteiger partial charge in [0.25, 0.3) is 0 Å². The Bertz CT molecular complexity index is 120. The highest BCUT2D eigenvalue weighted by atomic mass is 16.5. The number of nitrogens with zero attached hydrogens (tertiary/aromatic N) is 2. The largest absolute Gasteiger partial charge is 0.385 e. The number of ether oxygens (including phenoxy) is 1. The highest BCUT2D eigenvalue weighted by Gasteiger charge is 1.94. The molecule has 0 bridgehead atoms. The van der Waals surface area contributed by atoms with Crippen LogP contribution in [0.25, 0.3) is 0 Å². The first-order valence-electron chi connectivity index (χ1n) is 3.85. The standard InChI is InChI=1S/C8H16N2O/c1-10(7-5-9)6-3-4-8-11-2/h3-4,6-8H2,1-2H3. The van der Waals surface area contributed by atoms with E-state index in [0.29, 0.717) is 6.54 Å². The minimum absolute atomic E-state index is 0.521. The Morgan fingerprint density at radius 2 is 2.18 bits per heavy atom. The minimum atomic E-state index is 0.521. The molecule has 64 valence electrons. The lowest BCUT2D eigenvalue weighted by molar-refractivity contribution is 0.188. The summed E-state index contributed by atoms with van der Waals surface area (Å²) >= 11 is 0. The van der Waals surface area contributed by atoms with E-state index in [-0.39, 0.29) is 0 Å². The van der Waals surface area contributed by atoms with Gasteiger partial charge in [-0.25, -0.2) is 0 Å². The summed E-state index contributed by atoms with van der Waals surface area (Å²) in [7, 11) is 3.66. The van der Waals surface area contributed by atoms with Crippen molar-refractivity contribution in [3.8, 4) is 6.07 Å². The maximum absolute atomic E-state index is 8.32. The SMILES string of the molecule is COCCCCN(C)CC#N. The Labute approximate surface area is 68.6 Å². The van der Waals surface area contributed by atoms with Crippen LogP contribution in [0.5, 0.6) is 0 Å². The maximum Gasteiger partial charge on any atom is 0.0863 e. The van der Waals surface area contributed by atoms with Gasteiger partial charge in [0.05, 0.1) is 12.6 Å². The number of methoxy groups -OCH3 is 1. The smallest absolute Gasteiger partial charge is 0.0863 e. The van der Waals surface area contributed by atoms with Gasteiger partial charge in [-0.05, 0) is 26.4 Å². The number of unbranched alkanes of at least 4 members (excludes halogenated alkanes) is 1. The molecule has 0 unspecified atom stereocenters. The molecule has 0 saturated carbocycles. The van der Waals surface area contributed by atoms with Gasteiger partial charge in [-0.3, -0.25) is 4.90 Å². The minimum Gasteiger partial charge on any atom is -0.385 e. The summed E-state index contributed by atoms with van der Waals surface area (Å²) in [5.74, 6) is 0. The van der Waals surface area contributed by atoms with Crippen molar-refractivity contribution >= 4 is 0 Å². The molecule has 0 rings (SSSR count). The Morgan fingerprint density at radius 3 is 2.73 bits per heavy atom. The van der Waals surface area contributed by atoms with Gasteiger partial charge in [-0.1, -0.05) is 0 Å². The first-order valence-corrected chi connectivity index (χ1v) is 3.85. The van der Waals surface area contributed by atoms with E-state index in [1.54, 1.807) is 7.11 Å². The maximum atomic E-state index is 8.32. The van der Waals surface area contributed by atoms with Gasteiger partial charge in [0, 0.05) is 13.7 Å². The lowest BCUT2D eigenvalue weighted by atomic mass is 10.3. The normalized spacial score (nSPS) is 10.0. The lowest BCUT2D eigenvalue weighted by Gasteiger charge is -2.10. The van der Waals surface area contributed by atoms with Crippen LogP contribution in [0.4, 0.5) is 0 Å². The monoisotopic (exact) mass is 156 g/mol. The summed E-state index contributed by atoms with van der Waals surface area (Å²) in [5, 5.41) is 8.32. The molecule has 0 N–H and O–H groups in total. The zero-order valence-electron chi connectivity index (χ0n) is 7.34. The molecule has 0 atom stereocenters. The van der Waals surface area contributed by atoms with E-state index in [1.165, 1.54) is 0 Å². The molecule has 3 heteroatoms. The molecule has 3 nitrogen and oxygen atoms in total. The van der Waals surface area contributed by atoms with Crippen LogP contribution in [-0.2, 0) is 4.74 Å². The van der Waals surface area contributed by atoms with Crippen molar-refractivity contribution in [3.63, 3.8) is 0 Å². The summed E-state index contributed by atoms with van der Waals surface area (Å²) in [4.78, 5) is 2.01. The number of nitriles is 1. The van der Waals surface area contributed by atoms with E-state index in [9.17, 15) is 0 Å². The van der Waals surface area contributed by atoms with E-state index in [2.05, 4.69) is 6.07 Å². The van der Waals surface area contributed by atoms with Crippen molar-refractivity contribution in [2.45, 2.75) is 12.8 Å². The average Bonchev–Trinajstić information content (AvgIpc) is 1.99. The van der Waals surface area contributed by atoms with Crippen molar-refractivity contribution in [1.29, 1.82) is 5.26 Å². The van der Waals surface area contributed by atoms with Crippen molar-refractivity contribution in [2.75, 3.05) is 33.9 Å². The molecule has 0 fully saturated rings. The third-order valence-corrected chi connectivity index (χ3v) is 1.48. The second kappa shape index (κ2) is 7.52. The summed E-state index contributed by atoms with van der Waals surface area (Å²) in [6, 6.07) is 2.10. The third kappa shape index (κ3) is 7.31. The molecule has 0 aromatic rings. The molecule has 0 amide bonds. The molecular formula is C8H16N2O. The van der Waals surface area contributed by atoms with Crippen LogP contribution in [0.3, 0.4) is 0 Å². The predicted molar refractivity (Wildman–Crippen MR) is 44.2 cm³/mol. The summed E-state index contributed by atoms with van der Waals surface area (Å²) in [5.41, 5.74) is 0. The Hall–Kier alpha value is -0.590. The van der Waals surface area contributed by atoms with Gasteiger partial charge in [0.15, 0.2) is 0 Å². The van der Waals surface area contributed by atoms with E-state index in [0.717, 1.165) is 26.0 Å². The van der Waals surface area contributed by atoms with Crippen LogP contribution in [0.1, 0.15) is 12.8 Å².